The van der Waals surface area contributed by atoms with Gasteiger partial charge in [-0.05, 0) is 60.7 Å². The van der Waals surface area contributed by atoms with E-state index in [9.17, 15) is 4.79 Å². The van der Waals surface area contributed by atoms with Gasteiger partial charge in [0.05, 0.1) is 5.56 Å². The molecular weight excluding hydrogens is 370 g/mol. The summed E-state index contributed by atoms with van der Waals surface area (Å²) in [5.74, 6) is 0.168. The summed E-state index contributed by atoms with van der Waals surface area (Å²) in [5.41, 5.74) is 1.92. The highest BCUT2D eigenvalue weighted by molar-refractivity contribution is 9.10. The van der Waals surface area contributed by atoms with E-state index in [-0.39, 0.29) is 5.91 Å². The summed E-state index contributed by atoms with van der Waals surface area (Å²) in [6, 6.07) is 6.35. The molecule has 2 rings (SSSR count). The molecule has 1 heterocycles. The van der Waals surface area contributed by atoms with E-state index in [1.807, 2.05) is 25.1 Å². The van der Waals surface area contributed by atoms with Crippen LogP contribution in [-0.2, 0) is 0 Å². The van der Waals surface area contributed by atoms with Crippen molar-refractivity contribution in [1.29, 1.82) is 0 Å². The van der Waals surface area contributed by atoms with Crippen molar-refractivity contribution in [1.82, 2.24) is 4.90 Å². The summed E-state index contributed by atoms with van der Waals surface area (Å²) >= 11 is 7.00. The predicted molar refractivity (Wildman–Crippen MR) is 86.0 cm³/mol. The molecule has 0 spiro atoms. The number of alkyl halides is 1. The second-order valence-electron chi connectivity index (χ2n) is 5.11. The van der Waals surface area contributed by atoms with Crippen LogP contribution in [0, 0.1) is 6.92 Å². The van der Waals surface area contributed by atoms with Gasteiger partial charge in [0.2, 0.25) is 0 Å². The van der Waals surface area contributed by atoms with Gasteiger partial charge in [-0.15, -0.1) is 0 Å². The van der Waals surface area contributed by atoms with E-state index in [0.717, 1.165) is 46.7 Å². The maximum absolute atomic E-state index is 12.7. The van der Waals surface area contributed by atoms with Crippen LogP contribution in [0.2, 0.25) is 0 Å². The molecule has 4 heteroatoms. The zero-order chi connectivity index (χ0) is 13.8. The lowest BCUT2D eigenvalue weighted by Gasteiger charge is -2.36. The number of piperidine rings is 1. The highest BCUT2D eigenvalue weighted by Crippen LogP contribution is 2.26. The first-order valence-corrected chi connectivity index (χ1v) is 8.68. The molecule has 1 atom stereocenters. The van der Waals surface area contributed by atoms with Crippen LogP contribution in [0.25, 0.3) is 0 Å². The van der Waals surface area contributed by atoms with Gasteiger partial charge in [-0.3, -0.25) is 4.79 Å². The molecule has 0 bridgehead atoms. The van der Waals surface area contributed by atoms with Gasteiger partial charge >= 0.3 is 0 Å². The molecule has 104 valence electrons. The Bertz CT molecular complexity index is 459. The van der Waals surface area contributed by atoms with Gasteiger partial charge in [0.1, 0.15) is 0 Å². The topological polar surface area (TPSA) is 20.3 Å². The average molecular weight is 389 g/mol. The molecule has 0 radical (unpaired) electrons. The number of likely N-dealkylation sites (tertiary alicyclic amines) is 1. The number of halogens is 2. The van der Waals surface area contributed by atoms with Crippen LogP contribution in [0.3, 0.4) is 0 Å². The zero-order valence-electron chi connectivity index (χ0n) is 11.2. The van der Waals surface area contributed by atoms with Gasteiger partial charge < -0.3 is 4.90 Å². The summed E-state index contributed by atoms with van der Waals surface area (Å²) in [7, 11) is 0. The SMILES string of the molecule is Cc1ccc(Br)c(C(=O)N2CCCCC2CCBr)c1. The number of rotatable bonds is 3. The molecule has 1 aromatic rings. The lowest BCUT2D eigenvalue weighted by molar-refractivity contribution is 0.0609. The van der Waals surface area contributed by atoms with Gasteiger partial charge in [-0.1, -0.05) is 27.6 Å². The summed E-state index contributed by atoms with van der Waals surface area (Å²) < 4.78 is 0.895. The molecule has 2 nitrogen and oxygen atoms in total. The quantitative estimate of drug-likeness (QED) is 0.696. The van der Waals surface area contributed by atoms with Gasteiger partial charge in [0.15, 0.2) is 0 Å². The minimum Gasteiger partial charge on any atom is -0.336 e. The van der Waals surface area contributed by atoms with E-state index in [1.54, 1.807) is 0 Å². The van der Waals surface area contributed by atoms with Crippen LogP contribution < -0.4 is 0 Å². The van der Waals surface area contributed by atoms with Crippen LogP contribution in [0.15, 0.2) is 22.7 Å². The first-order valence-electron chi connectivity index (χ1n) is 6.76. The monoisotopic (exact) mass is 387 g/mol. The van der Waals surface area contributed by atoms with Gasteiger partial charge in [0.25, 0.3) is 5.91 Å². The highest BCUT2D eigenvalue weighted by Gasteiger charge is 2.27. The van der Waals surface area contributed by atoms with Crippen LogP contribution in [-0.4, -0.2) is 28.7 Å². The minimum atomic E-state index is 0.168. The average Bonchev–Trinajstić information content (AvgIpc) is 2.42. The first-order chi connectivity index (χ1) is 9.13. The maximum Gasteiger partial charge on any atom is 0.255 e. The number of carbonyl (C=O) groups excluding carboxylic acids is 1. The number of amides is 1. The third-order valence-electron chi connectivity index (χ3n) is 3.68. The largest absolute Gasteiger partial charge is 0.336 e. The number of aryl methyl sites for hydroxylation is 1. The molecule has 0 N–H and O–H groups in total. The fourth-order valence-electron chi connectivity index (χ4n) is 2.65. The lowest BCUT2D eigenvalue weighted by Crippen LogP contribution is -2.44. The second-order valence-corrected chi connectivity index (χ2v) is 6.76. The standard InChI is InChI=1S/C15H19Br2NO/c1-11-5-6-14(17)13(10-11)15(19)18-9-3-2-4-12(18)7-8-16/h5-6,10,12H,2-4,7-9H2,1H3. The van der Waals surface area contributed by atoms with Crippen molar-refractivity contribution >= 4 is 37.8 Å². The molecule has 1 aliphatic rings. The van der Waals surface area contributed by atoms with Gasteiger partial charge in [-0.25, -0.2) is 0 Å². The van der Waals surface area contributed by atoms with Gasteiger partial charge in [0, 0.05) is 22.4 Å². The molecule has 19 heavy (non-hydrogen) atoms. The third kappa shape index (κ3) is 3.60. The van der Waals surface area contributed by atoms with Crippen molar-refractivity contribution in [3.05, 3.63) is 33.8 Å². The van der Waals surface area contributed by atoms with Gasteiger partial charge in [-0.2, -0.15) is 0 Å². The lowest BCUT2D eigenvalue weighted by atomic mass is 9.98. The van der Waals surface area contributed by atoms with Crippen molar-refractivity contribution in [3.63, 3.8) is 0 Å². The van der Waals surface area contributed by atoms with E-state index in [0.29, 0.717) is 6.04 Å². The Morgan fingerprint density at radius 2 is 2.21 bits per heavy atom. The normalized spacial score (nSPS) is 19.5. The Kier molecular flexibility index (Phi) is 5.46. The molecule has 0 saturated carbocycles. The van der Waals surface area contributed by atoms with E-state index in [2.05, 4.69) is 36.8 Å². The van der Waals surface area contributed by atoms with E-state index in [4.69, 9.17) is 0 Å². The Labute approximate surface area is 131 Å². The number of benzene rings is 1. The van der Waals surface area contributed by atoms with E-state index >= 15 is 0 Å². The zero-order valence-corrected chi connectivity index (χ0v) is 14.3. The predicted octanol–water partition coefficient (Wildman–Crippen LogP) is 4.54. The molecule has 1 aromatic carbocycles. The van der Waals surface area contributed by atoms with Crippen molar-refractivity contribution in [2.24, 2.45) is 0 Å². The molecule has 1 aliphatic heterocycles. The van der Waals surface area contributed by atoms with E-state index < -0.39 is 0 Å². The molecule has 1 fully saturated rings. The summed E-state index contributed by atoms with van der Waals surface area (Å²) in [4.78, 5) is 14.8. The fraction of sp³-hybridized carbons (Fsp3) is 0.533. The fourth-order valence-corrected chi connectivity index (χ4v) is 3.60. The van der Waals surface area contributed by atoms with Crippen molar-refractivity contribution < 1.29 is 4.79 Å². The molecule has 1 unspecified atom stereocenters. The van der Waals surface area contributed by atoms with Crippen molar-refractivity contribution in [2.45, 2.75) is 38.6 Å². The van der Waals surface area contributed by atoms with Crippen LogP contribution in [0.1, 0.15) is 41.6 Å². The maximum atomic E-state index is 12.7. The van der Waals surface area contributed by atoms with Crippen molar-refractivity contribution in [3.8, 4) is 0 Å². The molecular formula is C15H19Br2NO. The van der Waals surface area contributed by atoms with Crippen molar-refractivity contribution in [2.75, 3.05) is 11.9 Å². The smallest absolute Gasteiger partial charge is 0.255 e. The number of nitrogens with zero attached hydrogens (tertiary/aromatic N) is 1. The molecule has 0 aromatic heterocycles. The van der Waals surface area contributed by atoms with E-state index in [1.165, 1.54) is 6.42 Å². The Hall–Kier alpha value is -0.350. The summed E-state index contributed by atoms with van der Waals surface area (Å²) in [5, 5.41) is 0.955. The highest BCUT2D eigenvalue weighted by atomic mass is 79.9. The first kappa shape index (κ1) is 15.0. The number of carbonyl (C=O) groups is 1. The molecule has 1 saturated heterocycles. The minimum absolute atomic E-state index is 0.168. The third-order valence-corrected chi connectivity index (χ3v) is 4.83. The molecule has 0 aliphatic carbocycles. The number of hydrogen-bond acceptors (Lipinski definition) is 1. The van der Waals surface area contributed by atoms with Crippen LogP contribution in [0.4, 0.5) is 0 Å². The van der Waals surface area contributed by atoms with Crippen LogP contribution in [0.5, 0.6) is 0 Å². The Morgan fingerprint density at radius 3 is 2.95 bits per heavy atom. The Balaban J connectivity index is 2.23. The summed E-state index contributed by atoms with van der Waals surface area (Å²) in [6.07, 6.45) is 4.51. The van der Waals surface area contributed by atoms with Crippen LogP contribution >= 0.6 is 31.9 Å². The number of hydrogen-bond donors (Lipinski definition) is 0. The molecule has 1 amide bonds. The second kappa shape index (κ2) is 6.89. The summed E-state index contributed by atoms with van der Waals surface area (Å²) in [6.45, 7) is 2.91. The Morgan fingerprint density at radius 1 is 1.42 bits per heavy atom.